The van der Waals surface area contributed by atoms with Crippen molar-refractivity contribution >= 4 is 41.3 Å². The summed E-state index contributed by atoms with van der Waals surface area (Å²) in [6.07, 6.45) is 2.41. The second kappa shape index (κ2) is 11.8. The number of thiophene rings is 1. The van der Waals surface area contributed by atoms with Crippen LogP contribution in [-0.2, 0) is 13.0 Å². The van der Waals surface area contributed by atoms with Crippen LogP contribution in [0.4, 0.5) is 4.39 Å². The molecule has 1 aromatic carbocycles. The van der Waals surface area contributed by atoms with Crippen molar-refractivity contribution in [3.63, 3.8) is 0 Å². The minimum Gasteiger partial charge on any atom is -0.494 e. The summed E-state index contributed by atoms with van der Waals surface area (Å²) < 4.78 is 24.4. The molecule has 0 fully saturated rings. The van der Waals surface area contributed by atoms with Gasteiger partial charge in [0.1, 0.15) is 5.76 Å². The number of aliphatic imine (C=N–C) groups is 1. The Morgan fingerprint density at radius 3 is 2.79 bits per heavy atom. The number of methoxy groups -OCH3 is 1. The Labute approximate surface area is 191 Å². The summed E-state index contributed by atoms with van der Waals surface area (Å²) in [5.41, 5.74) is 0.815. The molecule has 2 N–H and O–H groups in total. The number of nitrogens with one attached hydrogen (secondary N) is 2. The molecule has 0 amide bonds. The minimum atomic E-state index is -0.378. The number of halogens is 2. The highest BCUT2D eigenvalue weighted by atomic mass is 127. The van der Waals surface area contributed by atoms with Crippen LogP contribution in [0.5, 0.6) is 5.75 Å². The van der Waals surface area contributed by atoms with Crippen LogP contribution in [0.1, 0.15) is 29.2 Å². The van der Waals surface area contributed by atoms with E-state index in [9.17, 15) is 4.39 Å². The Morgan fingerprint density at radius 1 is 1.28 bits per heavy atom. The molecule has 1 atom stereocenters. The second-order valence-corrected chi connectivity index (χ2v) is 7.29. The maximum Gasteiger partial charge on any atom is 0.192 e. The molecule has 0 saturated heterocycles. The predicted octanol–water partition coefficient (Wildman–Crippen LogP) is 5.15. The van der Waals surface area contributed by atoms with Gasteiger partial charge in [0.25, 0.3) is 0 Å². The van der Waals surface area contributed by atoms with Gasteiger partial charge in [-0.05, 0) is 48.2 Å². The standard InChI is InChI=1S/C21H24FN3O2S.HI/c1-15(16-7-8-20(26-2)19(22)13-16)25-21(24-14-18-6-4-12-28-18)23-10-9-17-5-3-11-27-17;/h3-8,11-13,15H,9-10,14H2,1-2H3,(H2,23,24,25);1H. The number of benzene rings is 1. The third-order valence-corrected chi connectivity index (χ3v) is 5.11. The SMILES string of the molecule is COc1ccc(C(C)NC(=NCc2cccs2)NCCc2ccco2)cc1F.I. The van der Waals surface area contributed by atoms with Gasteiger partial charge in [0.05, 0.1) is 26.0 Å². The molecule has 0 aliphatic rings. The van der Waals surface area contributed by atoms with Crippen LogP contribution in [0.2, 0.25) is 0 Å². The molecule has 3 rings (SSSR count). The molecular formula is C21H25FIN3O2S. The third kappa shape index (κ3) is 7.04. The van der Waals surface area contributed by atoms with Gasteiger partial charge >= 0.3 is 0 Å². The minimum absolute atomic E-state index is 0. The monoisotopic (exact) mass is 529 g/mol. The van der Waals surface area contributed by atoms with E-state index >= 15 is 0 Å². The largest absolute Gasteiger partial charge is 0.494 e. The second-order valence-electron chi connectivity index (χ2n) is 6.26. The van der Waals surface area contributed by atoms with Crippen molar-refractivity contribution in [2.45, 2.75) is 25.9 Å². The molecule has 156 valence electrons. The van der Waals surface area contributed by atoms with Gasteiger partial charge in [-0.1, -0.05) is 12.1 Å². The molecule has 2 aromatic heterocycles. The van der Waals surface area contributed by atoms with E-state index in [0.717, 1.165) is 17.7 Å². The van der Waals surface area contributed by atoms with Crippen LogP contribution in [0.3, 0.4) is 0 Å². The van der Waals surface area contributed by atoms with E-state index in [2.05, 4.69) is 21.7 Å². The van der Waals surface area contributed by atoms with Gasteiger partial charge in [-0.3, -0.25) is 0 Å². The highest BCUT2D eigenvalue weighted by molar-refractivity contribution is 14.0. The fraction of sp³-hybridized carbons (Fsp3) is 0.286. The molecule has 0 bridgehead atoms. The third-order valence-electron chi connectivity index (χ3n) is 4.25. The van der Waals surface area contributed by atoms with E-state index in [-0.39, 0.29) is 41.6 Å². The lowest BCUT2D eigenvalue weighted by Gasteiger charge is -2.19. The summed E-state index contributed by atoms with van der Waals surface area (Å²) in [4.78, 5) is 5.84. The maximum atomic E-state index is 14.0. The average Bonchev–Trinajstić information content (AvgIpc) is 3.40. The Bertz CT molecular complexity index is 885. The van der Waals surface area contributed by atoms with Crippen LogP contribution in [0, 0.1) is 5.82 Å². The van der Waals surface area contributed by atoms with E-state index in [1.807, 2.05) is 36.6 Å². The number of guanidine groups is 1. The zero-order valence-corrected chi connectivity index (χ0v) is 19.5. The Morgan fingerprint density at radius 2 is 2.14 bits per heavy atom. The topological polar surface area (TPSA) is 58.8 Å². The van der Waals surface area contributed by atoms with Crippen LogP contribution in [0.15, 0.2) is 63.5 Å². The zero-order valence-electron chi connectivity index (χ0n) is 16.4. The number of hydrogen-bond acceptors (Lipinski definition) is 4. The Hall–Kier alpha value is -2.07. The van der Waals surface area contributed by atoms with E-state index in [0.29, 0.717) is 19.0 Å². The molecule has 8 heteroatoms. The molecule has 2 heterocycles. The van der Waals surface area contributed by atoms with E-state index in [1.54, 1.807) is 23.7 Å². The van der Waals surface area contributed by atoms with Gasteiger partial charge in [-0.2, -0.15) is 0 Å². The summed E-state index contributed by atoms with van der Waals surface area (Å²) in [6.45, 7) is 3.22. The fourth-order valence-corrected chi connectivity index (χ4v) is 3.34. The number of furan rings is 1. The quantitative estimate of drug-likeness (QED) is 0.241. The molecule has 0 saturated carbocycles. The molecule has 0 radical (unpaired) electrons. The smallest absolute Gasteiger partial charge is 0.192 e. The van der Waals surface area contributed by atoms with Gasteiger partial charge in [0.15, 0.2) is 17.5 Å². The van der Waals surface area contributed by atoms with Gasteiger partial charge in [-0.15, -0.1) is 35.3 Å². The summed E-state index contributed by atoms with van der Waals surface area (Å²) >= 11 is 1.67. The van der Waals surface area contributed by atoms with Crippen LogP contribution in [0.25, 0.3) is 0 Å². The first-order valence-corrected chi connectivity index (χ1v) is 9.96. The number of nitrogens with zero attached hydrogens (tertiary/aromatic N) is 1. The summed E-state index contributed by atoms with van der Waals surface area (Å²) in [6, 6.07) is 12.7. The Kier molecular flexibility index (Phi) is 9.46. The molecule has 29 heavy (non-hydrogen) atoms. The van der Waals surface area contributed by atoms with Crippen molar-refractivity contribution in [3.05, 3.63) is 76.1 Å². The van der Waals surface area contributed by atoms with Crippen molar-refractivity contribution in [2.24, 2.45) is 4.99 Å². The van der Waals surface area contributed by atoms with Crippen molar-refractivity contribution in [3.8, 4) is 5.75 Å². The molecule has 0 aliphatic heterocycles. The fourth-order valence-electron chi connectivity index (χ4n) is 2.71. The van der Waals surface area contributed by atoms with Crippen molar-refractivity contribution < 1.29 is 13.5 Å². The highest BCUT2D eigenvalue weighted by Gasteiger charge is 2.12. The van der Waals surface area contributed by atoms with E-state index in [1.165, 1.54) is 18.1 Å². The van der Waals surface area contributed by atoms with Crippen LogP contribution >= 0.6 is 35.3 Å². The number of ether oxygens (including phenoxy) is 1. The van der Waals surface area contributed by atoms with Crippen LogP contribution in [-0.4, -0.2) is 19.6 Å². The van der Waals surface area contributed by atoms with Crippen molar-refractivity contribution in [1.29, 1.82) is 0 Å². The predicted molar refractivity (Wildman–Crippen MR) is 126 cm³/mol. The molecular weight excluding hydrogens is 504 g/mol. The average molecular weight is 529 g/mol. The number of rotatable bonds is 8. The molecule has 0 spiro atoms. The van der Waals surface area contributed by atoms with E-state index in [4.69, 9.17) is 9.15 Å². The van der Waals surface area contributed by atoms with Gasteiger partial charge in [-0.25, -0.2) is 9.38 Å². The lowest BCUT2D eigenvalue weighted by atomic mass is 10.1. The van der Waals surface area contributed by atoms with Crippen LogP contribution < -0.4 is 15.4 Å². The van der Waals surface area contributed by atoms with Crippen molar-refractivity contribution in [1.82, 2.24) is 10.6 Å². The number of hydrogen-bond donors (Lipinski definition) is 2. The van der Waals surface area contributed by atoms with Gasteiger partial charge < -0.3 is 19.8 Å². The molecule has 1 unspecified atom stereocenters. The summed E-state index contributed by atoms with van der Waals surface area (Å²) in [5.74, 6) is 1.44. The summed E-state index contributed by atoms with van der Waals surface area (Å²) in [7, 11) is 1.46. The van der Waals surface area contributed by atoms with Crippen molar-refractivity contribution in [2.75, 3.05) is 13.7 Å². The lowest BCUT2D eigenvalue weighted by molar-refractivity contribution is 0.386. The first-order valence-electron chi connectivity index (χ1n) is 9.08. The van der Waals surface area contributed by atoms with E-state index < -0.39 is 0 Å². The van der Waals surface area contributed by atoms with Gasteiger partial charge in [0, 0.05) is 17.8 Å². The first kappa shape index (κ1) is 23.2. The molecule has 3 aromatic rings. The molecule has 0 aliphatic carbocycles. The Balaban J connectivity index is 0.00000300. The first-order chi connectivity index (χ1) is 13.7. The normalized spacial score (nSPS) is 12.2. The highest BCUT2D eigenvalue weighted by Crippen LogP contribution is 2.21. The maximum absolute atomic E-state index is 14.0. The molecule has 5 nitrogen and oxygen atoms in total. The zero-order chi connectivity index (χ0) is 19.8. The lowest BCUT2D eigenvalue weighted by Crippen LogP contribution is -2.39. The summed E-state index contributed by atoms with van der Waals surface area (Å²) in [5, 5.41) is 8.70. The van der Waals surface area contributed by atoms with Gasteiger partial charge in [0.2, 0.25) is 0 Å².